The summed E-state index contributed by atoms with van der Waals surface area (Å²) in [6.07, 6.45) is 5.36. The highest BCUT2D eigenvalue weighted by Gasteiger charge is 2.15. The number of hydrogen-bond acceptors (Lipinski definition) is 3. The number of nitrogens with one attached hydrogen (secondary N) is 1. The summed E-state index contributed by atoms with van der Waals surface area (Å²) in [6.45, 7) is 2.02. The van der Waals surface area contributed by atoms with Crippen LogP contribution in [-0.2, 0) is 16.6 Å². The highest BCUT2D eigenvalue weighted by molar-refractivity contribution is 8.00. The Morgan fingerprint density at radius 3 is 2.42 bits per heavy atom. The third kappa shape index (κ3) is 4.82. The van der Waals surface area contributed by atoms with E-state index in [4.69, 9.17) is 0 Å². The predicted molar refractivity (Wildman–Crippen MR) is 80.9 cm³/mol. The van der Waals surface area contributed by atoms with Gasteiger partial charge in [0.15, 0.2) is 0 Å². The van der Waals surface area contributed by atoms with E-state index in [1.54, 1.807) is 6.92 Å². The molecule has 1 aliphatic rings. The second-order valence-electron chi connectivity index (χ2n) is 4.89. The van der Waals surface area contributed by atoms with Gasteiger partial charge in [0.1, 0.15) is 0 Å². The molecule has 0 amide bonds. The van der Waals surface area contributed by atoms with Crippen molar-refractivity contribution < 1.29 is 8.42 Å². The zero-order valence-corrected chi connectivity index (χ0v) is 12.9. The van der Waals surface area contributed by atoms with Gasteiger partial charge in [-0.25, -0.2) is 13.1 Å². The molecule has 1 aliphatic carbocycles. The fourth-order valence-corrected chi connectivity index (χ4v) is 4.02. The van der Waals surface area contributed by atoms with Crippen LogP contribution < -0.4 is 4.72 Å². The minimum atomic E-state index is -3.10. The lowest BCUT2D eigenvalue weighted by atomic mass is 10.2. The first kappa shape index (κ1) is 14.9. The maximum Gasteiger partial charge on any atom is 0.211 e. The predicted octanol–water partition coefficient (Wildman–Crippen LogP) is 3.16. The van der Waals surface area contributed by atoms with Gasteiger partial charge in [-0.2, -0.15) is 0 Å². The maximum atomic E-state index is 11.4. The Bertz CT molecular complexity index is 491. The smallest absolute Gasteiger partial charge is 0.211 e. The molecule has 5 heteroatoms. The van der Waals surface area contributed by atoms with Gasteiger partial charge in [-0.15, -0.1) is 11.8 Å². The highest BCUT2D eigenvalue weighted by atomic mass is 32.2. The molecule has 1 fully saturated rings. The minimum absolute atomic E-state index is 0.128. The summed E-state index contributed by atoms with van der Waals surface area (Å²) in [5.41, 5.74) is 1.01. The van der Waals surface area contributed by atoms with Crippen molar-refractivity contribution in [2.24, 2.45) is 0 Å². The lowest BCUT2D eigenvalue weighted by Crippen LogP contribution is -2.24. The van der Waals surface area contributed by atoms with Crippen LogP contribution in [0.15, 0.2) is 29.2 Å². The normalized spacial score (nSPS) is 16.9. The van der Waals surface area contributed by atoms with Crippen LogP contribution >= 0.6 is 11.8 Å². The van der Waals surface area contributed by atoms with E-state index in [0.29, 0.717) is 6.54 Å². The molecule has 0 aliphatic heterocycles. The Hall–Kier alpha value is -0.520. The topological polar surface area (TPSA) is 46.2 Å². The fraction of sp³-hybridized carbons (Fsp3) is 0.571. The standard InChI is InChI=1S/C14H21NO2S2/c1-2-19(16,17)15-11-12-7-9-14(10-8-12)18-13-5-3-4-6-13/h7-10,13,15H,2-6,11H2,1H3. The summed E-state index contributed by atoms with van der Waals surface area (Å²) in [6, 6.07) is 8.21. The van der Waals surface area contributed by atoms with Crippen LogP contribution in [0, 0.1) is 0 Å². The van der Waals surface area contributed by atoms with Gasteiger partial charge in [0, 0.05) is 16.7 Å². The van der Waals surface area contributed by atoms with Crippen LogP contribution in [0.5, 0.6) is 0 Å². The van der Waals surface area contributed by atoms with Crippen molar-refractivity contribution in [1.82, 2.24) is 4.72 Å². The Morgan fingerprint density at radius 1 is 1.21 bits per heavy atom. The molecule has 1 aromatic rings. The van der Waals surface area contributed by atoms with Crippen LogP contribution in [0.4, 0.5) is 0 Å². The number of benzene rings is 1. The third-order valence-electron chi connectivity index (χ3n) is 3.40. The van der Waals surface area contributed by atoms with Crippen molar-refractivity contribution in [2.75, 3.05) is 5.75 Å². The van der Waals surface area contributed by atoms with E-state index in [9.17, 15) is 8.42 Å². The summed E-state index contributed by atoms with van der Waals surface area (Å²) in [7, 11) is -3.10. The summed E-state index contributed by atoms with van der Waals surface area (Å²) in [5, 5.41) is 0.768. The SMILES string of the molecule is CCS(=O)(=O)NCc1ccc(SC2CCCC2)cc1. The van der Waals surface area contributed by atoms with Gasteiger partial charge in [0.05, 0.1) is 5.75 Å². The van der Waals surface area contributed by atoms with Gasteiger partial charge >= 0.3 is 0 Å². The molecule has 1 saturated carbocycles. The van der Waals surface area contributed by atoms with E-state index in [1.807, 2.05) is 23.9 Å². The van der Waals surface area contributed by atoms with Gasteiger partial charge < -0.3 is 0 Å². The Labute approximate surface area is 120 Å². The summed E-state index contributed by atoms with van der Waals surface area (Å²) in [5.74, 6) is 0.128. The van der Waals surface area contributed by atoms with E-state index >= 15 is 0 Å². The molecule has 19 heavy (non-hydrogen) atoms. The maximum absolute atomic E-state index is 11.4. The van der Waals surface area contributed by atoms with Crippen molar-refractivity contribution >= 4 is 21.8 Å². The van der Waals surface area contributed by atoms with Crippen molar-refractivity contribution in [3.8, 4) is 0 Å². The third-order valence-corrected chi connectivity index (χ3v) is 6.10. The molecule has 0 unspecified atom stereocenters. The molecule has 0 aromatic heterocycles. The van der Waals surface area contributed by atoms with Crippen LogP contribution in [0.2, 0.25) is 0 Å². The minimum Gasteiger partial charge on any atom is -0.212 e. The summed E-state index contributed by atoms with van der Waals surface area (Å²) >= 11 is 1.95. The van der Waals surface area contributed by atoms with Gasteiger partial charge in [-0.1, -0.05) is 25.0 Å². The quantitative estimate of drug-likeness (QED) is 0.877. The molecule has 0 saturated heterocycles. The van der Waals surface area contributed by atoms with E-state index < -0.39 is 10.0 Å². The van der Waals surface area contributed by atoms with Gasteiger partial charge in [-0.05, 0) is 37.5 Å². The molecule has 1 N–H and O–H groups in total. The zero-order chi connectivity index (χ0) is 13.7. The average molecular weight is 299 g/mol. The first-order chi connectivity index (χ1) is 9.09. The van der Waals surface area contributed by atoms with Crippen molar-refractivity contribution in [2.45, 2.75) is 49.3 Å². The Morgan fingerprint density at radius 2 is 1.84 bits per heavy atom. The Balaban J connectivity index is 1.87. The van der Waals surface area contributed by atoms with Gasteiger partial charge in [0.25, 0.3) is 0 Å². The summed E-state index contributed by atoms with van der Waals surface area (Å²) in [4.78, 5) is 1.29. The first-order valence-electron chi connectivity index (χ1n) is 6.82. The van der Waals surface area contributed by atoms with Crippen molar-refractivity contribution in [1.29, 1.82) is 0 Å². The number of thioether (sulfide) groups is 1. The van der Waals surface area contributed by atoms with Crippen LogP contribution in [0.25, 0.3) is 0 Å². The monoisotopic (exact) mass is 299 g/mol. The molecular weight excluding hydrogens is 278 g/mol. The molecule has 1 aromatic carbocycles. The van der Waals surface area contributed by atoms with Crippen LogP contribution in [-0.4, -0.2) is 19.4 Å². The Kier molecular flexibility index (Phi) is 5.30. The molecule has 0 bridgehead atoms. The second-order valence-corrected chi connectivity index (χ2v) is 8.36. The van der Waals surface area contributed by atoms with Gasteiger partial charge in [-0.3, -0.25) is 0 Å². The first-order valence-corrected chi connectivity index (χ1v) is 9.35. The van der Waals surface area contributed by atoms with Gasteiger partial charge in [0.2, 0.25) is 10.0 Å². The van der Waals surface area contributed by atoms with Crippen molar-refractivity contribution in [3.05, 3.63) is 29.8 Å². The summed E-state index contributed by atoms with van der Waals surface area (Å²) < 4.78 is 25.3. The van der Waals surface area contributed by atoms with E-state index in [1.165, 1.54) is 30.6 Å². The van der Waals surface area contributed by atoms with Crippen LogP contribution in [0.1, 0.15) is 38.2 Å². The van der Waals surface area contributed by atoms with Crippen molar-refractivity contribution in [3.63, 3.8) is 0 Å². The fourth-order valence-electron chi connectivity index (χ4n) is 2.18. The molecule has 3 nitrogen and oxygen atoms in total. The molecule has 0 heterocycles. The number of hydrogen-bond donors (Lipinski definition) is 1. The number of sulfonamides is 1. The molecule has 0 atom stereocenters. The molecule has 2 rings (SSSR count). The lowest BCUT2D eigenvalue weighted by Gasteiger charge is -2.09. The van der Waals surface area contributed by atoms with E-state index in [0.717, 1.165) is 10.8 Å². The number of rotatable bonds is 6. The molecular formula is C14H21NO2S2. The molecule has 0 radical (unpaired) electrons. The van der Waals surface area contributed by atoms with E-state index in [2.05, 4.69) is 16.9 Å². The van der Waals surface area contributed by atoms with E-state index in [-0.39, 0.29) is 5.75 Å². The zero-order valence-electron chi connectivity index (χ0n) is 11.3. The average Bonchev–Trinajstić information content (AvgIpc) is 2.91. The lowest BCUT2D eigenvalue weighted by molar-refractivity contribution is 0.582. The molecule has 106 valence electrons. The second kappa shape index (κ2) is 6.77. The highest BCUT2D eigenvalue weighted by Crippen LogP contribution is 2.34. The van der Waals surface area contributed by atoms with Crippen LogP contribution in [0.3, 0.4) is 0 Å². The molecule has 0 spiro atoms. The largest absolute Gasteiger partial charge is 0.212 e.